The zero-order chi connectivity index (χ0) is 13.8. The zero-order valence-electron chi connectivity index (χ0n) is 10.8. The van der Waals surface area contributed by atoms with Crippen LogP contribution in [0, 0.1) is 0 Å². The van der Waals surface area contributed by atoms with Gasteiger partial charge in [0, 0.05) is 11.0 Å². The van der Waals surface area contributed by atoms with Gasteiger partial charge in [-0.1, -0.05) is 27.5 Å². The lowest BCUT2D eigenvalue weighted by atomic mass is 10.2. The summed E-state index contributed by atoms with van der Waals surface area (Å²) in [7, 11) is 0. The maximum absolute atomic E-state index is 9.79. The molecule has 0 radical (unpaired) electrons. The number of hydrogen-bond donors (Lipinski definition) is 2. The van der Waals surface area contributed by atoms with Crippen LogP contribution >= 0.6 is 27.5 Å². The summed E-state index contributed by atoms with van der Waals surface area (Å²) < 4.78 is 6.44. The maximum atomic E-state index is 9.79. The first kappa shape index (κ1) is 15.8. The Balaban J connectivity index is 2.42. The van der Waals surface area contributed by atoms with E-state index in [1.54, 1.807) is 6.07 Å². The second kappa shape index (κ2) is 6.75. The average Bonchev–Trinajstić information content (AvgIpc) is 2.26. The Morgan fingerprint density at radius 1 is 1.44 bits per heavy atom. The number of benzene rings is 1. The van der Waals surface area contributed by atoms with Crippen molar-refractivity contribution < 1.29 is 9.84 Å². The lowest BCUT2D eigenvalue weighted by molar-refractivity contribution is -0.0449. The van der Waals surface area contributed by atoms with Crippen LogP contribution in [-0.2, 0) is 4.74 Å². The number of halogens is 2. The Labute approximate surface area is 122 Å². The van der Waals surface area contributed by atoms with E-state index in [-0.39, 0.29) is 5.60 Å². The van der Waals surface area contributed by atoms with Gasteiger partial charge in [0.15, 0.2) is 0 Å². The van der Waals surface area contributed by atoms with Crippen molar-refractivity contribution in [2.75, 3.05) is 18.5 Å². The Morgan fingerprint density at radius 2 is 2.11 bits per heavy atom. The minimum Gasteiger partial charge on any atom is -0.389 e. The molecule has 0 saturated heterocycles. The first-order valence-electron chi connectivity index (χ1n) is 5.79. The largest absolute Gasteiger partial charge is 0.389 e. The highest BCUT2D eigenvalue weighted by atomic mass is 79.9. The maximum Gasteiger partial charge on any atom is 0.0945 e. The van der Waals surface area contributed by atoms with Crippen LogP contribution in [-0.4, -0.2) is 30.0 Å². The molecule has 0 saturated carbocycles. The average molecular weight is 337 g/mol. The van der Waals surface area contributed by atoms with E-state index in [2.05, 4.69) is 21.2 Å². The lowest BCUT2D eigenvalue weighted by Gasteiger charge is -2.22. The molecule has 0 aliphatic heterocycles. The van der Waals surface area contributed by atoms with Crippen molar-refractivity contribution in [2.24, 2.45) is 0 Å². The van der Waals surface area contributed by atoms with Crippen molar-refractivity contribution in [3.63, 3.8) is 0 Å². The SMILES string of the molecule is CC(C)(C)OCC(O)CNc1cc(Br)ccc1Cl. The lowest BCUT2D eigenvalue weighted by Crippen LogP contribution is -2.30. The summed E-state index contributed by atoms with van der Waals surface area (Å²) in [6.07, 6.45) is -0.570. The molecule has 0 aromatic heterocycles. The molecule has 18 heavy (non-hydrogen) atoms. The van der Waals surface area contributed by atoms with Crippen LogP contribution in [0.1, 0.15) is 20.8 Å². The highest BCUT2D eigenvalue weighted by Crippen LogP contribution is 2.25. The molecule has 1 aromatic carbocycles. The quantitative estimate of drug-likeness (QED) is 0.861. The van der Waals surface area contributed by atoms with Crippen molar-refractivity contribution in [1.82, 2.24) is 0 Å². The molecular weight excluding hydrogens is 318 g/mol. The van der Waals surface area contributed by atoms with Gasteiger partial charge in [-0.2, -0.15) is 0 Å². The van der Waals surface area contributed by atoms with E-state index in [4.69, 9.17) is 16.3 Å². The molecule has 0 heterocycles. The van der Waals surface area contributed by atoms with E-state index in [9.17, 15) is 5.11 Å². The molecule has 1 atom stereocenters. The topological polar surface area (TPSA) is 41.5 Å². The van der Waals surface area contributed by atoms with Crippen molar-refractivity contribution in [3.05, 3.63) is 27.7 Å². The number of hydrogen-bond acceptors (Lipinski definition) is 3. The number of ether oxygens (including phenoxy) is 1. The van der Waals surface area contributed by atoms with Gasteiger partial charge in [-0.3, -0.25) is 0 Å². The van der Waals surface area contributed by atoms with Gasteiger partial charge in [0.05, 0.1) is 29.0 Å². The molecular formula is C13H19BrClNO2. The first-order chi connectivity index (χ1) is 8.28. The van der Waals surface area contributed by atoms with Crippen LogP contribution in [0.2, 0.25) is 5.02 Å². The van der Waals surface area contributed by atoms with Gasteiger partial charge in [0.2, 0.25) is 0 Å². The molecule has 1 rings (SSSR count). The van der Waals surface area contributed by atoms with E-state index < -0.39 is 6.10 Å². The number of rotatable bonds is 5. The summed E-state index contributed by atoms with van der Waals surface area (Å²) in [5.74, 6) is 0. The van der Waals surface area contributed by atoms with Crippen LogP contribution in [0.3, 0.4) is 0 Å². The summed E-state index contributed by atoms with van der Waals surface area (Å²) in [5.41, 5.74) is 0.551. The van der Waals surface area contributed by atoms with Gasteiger partial charge in [-0.05, 0) is 39.0 Å². The van der Waals surface area contributed by atoms with Crippen molar-refractivity contribution in [1.29, 1.82) is 0 Å². The van der Waals surface area contributed by atoms with Crippen molar-refractivity contribution >= 4 is 33.2 Å². The smallest absolute Gasteiger partial charge is 0.0945 e. The fourth-order valence-corrected chi connectivity index (χ4v) is 1.81. The number of aliphatic hydroxyl groups excluding tert-OH is 1. The number of aliphatic hydroxyl groups is 1. The molecule has 5 heteroatoms. The predicted molar refractivity (Wildman–Crippen MR) is 79.4 cm³/mol. The zero-order valence-corrected chi connectivity index (χ0v) is 13.2. The van der Waals surface area contributed by atoms with E-state index in [0.717, 1.165) is 10.2 Å². The van der Waals surface area contributed by atoms with Crippen LogP contribution in [0.5, 0.6) is 0 Å². The predicted octanol–water partition coefficient (Wildman–Crippen LogP) is 3.69. The van der Waals surface area contributed by atoms with E-state index in [1.165, 1.54) is 0 Å². The highest BCUT2D eigenvalue weighted by molar-refractivity contribution is 9.10. The van der Waals surface area contributed by atoms with Crippen LogP contribution in [0.15, 0.2) is 22.7 Å². The minimum absolute atomic E-state index is 0.242. The molecule has 0 aliphatic carbocycles. The second-order valence-corrected chi connectivity index (χ2v) is 6.41. The second-order valence-electron chi connectivity index (χ2n) is 5.08. The third-order valence-electron chi connectivity index (χ3n) is 2.17. The van der Waals surface area contributed by atoms with Crippen molar-refractivity contribution in [2.45, 2.75) is 32.5 Å². The van der Waals surface area contributed by atoms with E-state index in [1.807, 2.05) is 32.9 Å². The van der Waals surface area contributed by atoms with E-state index in [0.29, 0.717) is 18.2 Å². The molecule has 1 unspecified atom stereocenters. The van der Waals surface area contributed by atoms with Gasteiger partial charge in [0.1, 0.15) is 0 Å². The summed E-state index contributed by atoms with van der Waals surface area (Å²) in [5, 5.41) is 13.5. The van der Waals surface area contributed by atoms with Crippen LogP contribution in [0.4, 0.5) is 5.69 Å². The molecule has 1 aromatic rings. The Morgan fingerprint density at radius 3 is 2.72 bits per heavy atom. The molecule has 3 nitrogen and oxygen atoms in total. The minimum atomic E-state index is -0.570. The third-order valence-corrected chi connectivity index (χ3v) is 2.99. The fraction of sp³-hybridized carbons (Fsp3) is 0.538. The normalized spacial score (nSPS) is 13.4. The summed E-state index contributed by atoms with van der Waals surface area (Å²) >= 11 is 9.41. The van der Waals surface area contributed by atoms with Gasteiger partial charge < -0.3 is 15.2 Å². The molecule has 0 amide bonds. The molecule has 0 aliphatic rings. The van der Waals surface area contributed by atoms with Crippen LogP contribution < -0.4 is 5.32 Å². The Bertz CT molecular complexity index is 393. The standard InChI is InChI=1S/C13H19BrClNO2/c1-13(2,3)18-8-10(17)7-16-12-6-9(14)4-5-11(12)15/h4-6,10,16-17H,7-8H2,1-3H3. The molecule has 0 fully saturated rings. The van der Waals surface area contributed by atoms with Gasteiger partial charge >= 0.3 is 0 Å². The Kier molecular flexibility index (Phi) is 5.92. The van der Waals surface area contributed by atoms with Crippen LogP contribution in [0.25, 0.3) is 0 Å². The van der Waals surface area contributed by atoms with E-state index >= 15 is 0 Å². The van der Waals surface area contributed by atoms with Gasteiger partial charge in [-0.25, -0.2) is 0 Å². The first-order valence-corrected chi connectivity index (χ1v) is 6.96. The summed E-state index contributed by atoms with van der Waals surface area (Å²) in [6.45, 7) is 6.56. The Hall–Kier alpha value is -0.290. The molecule has 102 valence electrons. The summed E-state index contributed by atoms with van der Waals surface area (Å²) in [4.78, 5) is 0. The van der Waals surface area contributed by atoms with Gasteiger partial charge in [-0.15, -0.1) is 0 Å². The molecule has 0 spiro atoms. The highest BCUT2D eigenvalue weighted by Gasteiger charge is 2.13. The molecule has 2 N–H and O–H groups in total. The summed E-state index contributed by atoms with van der Waals surface area (Å²) in [6, 6.07) is 5.54. The third kappa shape index (κ3) is 6.05. The fourth-order valence-electron chi connectivity index (χ4n) is 1.27. The van der Waals surface area contributed by atoms with Crippen molar-refractivity contribution in [3.8, 4) is 0 Å². The molecule has 0 bridgehead atoms. The van der Waals surface area contributed by atoms with Gasteiger partial charge in [0.25, 0.3) is 0 Å². The number of anilines is 1. The number of nitrogens with one attached hydrogen (secondary N) is 1. The monoisotopic (exact) mass is 335 g/mol.